The van der Waals surface area contributed by atoms with E-state index in [0.29, 0.717) is 37.0 Å². The zero-order valence-electron chi connectivity index (χ0n) is 34.1. The van der Waals surface area contributed by atoms with Gasteiger partial charge < -0.3 is 69.3 Å². The Labute approximate surface area is 338 Å². The van der Waals surface area contributed by atoms with Crippen LogP contribution in [0.5, 0.6) is 0 Å². The third-order valence-electron chi connectivity index (χ3n) is 16.9. The van der Waals surface area contributed by atoms with Crippen molar-refractivity contribution in [2.24, 2.45) is 45.8 Å². The number of esters is 2. The SMILES string of the molecule is CC(=O)O[C@H]1C[C@H](O[C@@H]2O[C@H](CO)[C@@H](O)[C@H](O)[C@H]2O[C@@H]2O[C@H](CO)[C@@H](O)[C@H](O)[C@H]2O)CC2=CC[C@H]3[C@@H]4CC[C@H]([C@H]5C[C@@]6(C)C(=O)O[C@@H]5C[C@@]6(C)O)[C@@]4(C)CC[C@@H]3[C@]21C. The molecule has 8 N–H and O–H groups in total. The number of hydrogen-bond acceptors (Lipinski definition) is 16. The van der Waals surface area contributed by atoms with Gasteiger partial charge in [0.1, 0.15) is 61.0 Å². The molecule has 16 heteroatoms. The molecule has 0 radical (unpaired) electrons. The lowest BCUT2D eigenvalue weighted by atomic mass is 9.45. The summed E-state index contributed by atoms with van der Waals surface area (Å²) in [6, 6.07) is 0. The van der Waals surface area contributed by atoms with Gasteiger partial charge in [-0.15, -0.1) is 0 Å². The summed E-state index contributed by atoms with van der Waals surface area (Å²) in [5.74, 6) is 0.744. The topological polar surface area (TPSA) is 251 Å². The summed E-state index contributed by atoms with van der Waals surface area (Å²) >= 11 is 0. The molecule has 328 valence electrons. The van der Waals surface area contributed by atoms with Gasteiger partial charge in [-0.3, -0.25) is 9.59 Å². The molecule has 0 spiro atoms. The molecule has 0 aromatic carbocycles. The number of rotatable bonds is 8. The average Bonchev–Trinajstić information content (AvgIpc) is 3.52. The van der Waals surface area contributed by atoms with Gasteiger partial charge in [0, 0.05) is 31.1 Å². The minimum atomic E-state index is -1.80. The summed E-state index contributed by atoms with van der Waals surface area (Å²) in [4.78, 5) is 25.8. The van der Waals surface area contributed by atoms with E-state index in [1.54, 1.807) is 6.92 Å². The summed E-state index contributed by atoms with van der Waals surface area (Å²) in [7, 11) is 0. The Morgan fingerprint density at radius 1 is 0.810 bits per heavy atom. The van der Waals surface area contributed by atoms with Crippen molar-refractivity contribution in [3.8, 4) is 0 Å². The molecule has 0 aromatic rings. The predicted octanol–water partition coefficient (Wildman–Crippen LogP) is 0.209. The fraction of sp³-hybridized carbons (Fsp3) is 0.905. The monoisotopic (exact) mass is 824 g/mol. The highest BCUT2D eigenvalue weighted by atomic mass is 16.8. The Balaban J connectivity index is 1.03. The fourth-order valence-corrected chi connectivity index (χ4v) is 13.4. The van der Waals surface area contributed by atoms with Crippen LogP contribution >= 0.6 is 0 Å². The second kappa shape index (κ2) is 15.2. The van der Waals surface area contributed by atoms with Gasteiger partial charge >= 0.3 is 11.9 Å². The van der Waals surface area contributed by atoms with Gasteiger partial charge in [-0.05, 0) is 87.9 Å². The van der Waals surface area contributed by atoms with Crippen molar-refractivity contribution in [3.05, 3.63) is 11.6 Å². The third kappa shape index (κ3) is 6.54. The van der Waals surface area contributed by atoms with E-state index in [2.05, 4.69) is 19.9 Å². The molecule has 4 heterocycles. The quantitative estimate of drug-likeness (QED) is 0.120. The third-order valence-corrected chi connectivity index (χ3v) is 16.9. The van der Waals surface area contributed by atoms with Gasteiger partial charge in [0.25, 0.3) is 0 Å². The number of hydrogen-bond donors (Lipinski definition) is 8. The molecule has 0 amide bonds. The van der Waals surface area contributed by atoms with Crippen LogP contribution in [0.15, 0.2) is 11.6 Å². The lowest BCUT2D eigenvalue weighted by molar-refractivity contribution is -0.372. The molecule has 2 bridgehead atoms. The Morgan fingerprint density at radius 3 is 2.09 bits per heavy atom. The molecule has 4 saturated carbocycles. The number of carbonyl (C=O) groups is 2. The van der Waals surface area contributed by atoms with E-state index in [0.717, 1.165) is 37.7 Å². The summed E-state index contributed by atoms with van der Waals surface area (Å²) in [5, 5.41) is 84.4. The lowest BCUT2D eigenvalue weighted by Crippen LogP contribution is -2.66. The first-order chi connectivity index (χ1) is 27.3. The molecule has 4 aliphatic heterocycles. The first-order valence-corrected chi connectivity index (χ1v) is 21.3. The molecule has 5 aliphatic carbocycles. The molecule has 9 aliphatic rings. The van der Waals surface area contributed by atoms with Gasteiger partial charge in [-0.25, -0.2) is 0 Å². The van der Waals surface area contributed by atoms with Crippen molar-refractivity contribution in [3.63, 3.8) is 0 Å². The van der Waals surface area contributed by atoms with Crippen molar-refractivity contribution in [1.82, 2.24) is 0 Å². The van der Waals surface area contributed by atoms with Crippen LogP contribution in [0, 0.1) is 45.8 Å². The maximum atomic E-state index is 13.0. The van der Waals surface area contributed by atoms with Crippen LogP contribution in [0.1, 0.15) is 92.4 Å². The van der Waals surface area contributed by atoms with E-state index < -0.39 is 109 Å². The van der Waals surface area contributed by atoms with Crippen molar-refractivity contribution in [1.29, 1.82) is 0 Å². The Morgan fingerprint density at radius 2 is 1.45 bits per heavy atom. The molecular weight excluding hydrogens is 760 g/mol. The zero-order chi connectivity index (χ0) is 41.9. The van der Waals surface area contributed by atoms with E-state index in [4.69, 9.17) is 28.4 Å². The molecule has 8 fully saturated rings. The standard InChI is InChI=1S/C42H64O16/c1-18(45)53-29-13-20(54-37-35(33(49)31(47)28(17-44)56-37)58-36-34(50)32(48)30(46)27(16-43)55-36)12-19-6-7-21-23-8-9-24(39(23,2)11-10-25(21)42(19,29)5)22-14-40(3)38(51)57-26(22)15-41(40,4)52/h6,20-37,43-44,46-50,52H,7-17H2,1-5H3/t20-,21+,22-,23+,24-,25+,26-,27-,28-,29+,30-,31-,32+,33+,34-,35-,36+,37-,39+,40+,41-,42+/m1/s1. The van der Waals surface area contributed by atoms with Crippen LogP contribution in [0.4, 0.5) is 0 Å². The van der Waals surface area contributed by atoms with Gasteiger partial charge in [-0.1, -0.05) is 25.5 Å². The zero-order valence-corrected chi connectivity index (χ0v) is 34.1. The van der Waals surface area contributed by atoms with Crippen LogP contribution in [0.2, 0.25) is 0 Å². The average molecular weight is 825 g/mol. The number of allylic oxidation sites excluding steroid dienone is 1. The molecule has 4 saturated heterocycles. The van der Waals surface area contributed by atoms with Crippen molar-refractivity contribution >= 4 is 11.9 Å². The van der Waals surface area contributed by atoms with Crippen LogP contribution in [-0.4, -0.2) is 151 Å². The van der Waals surface area contributed by atoms with E-state index in [9.17, 15) is 50.4 Å². The Hall–Kier alpha value is -1.80. The Kier molecular flexibility index (Phi) is 11.3. The van der Waals surface area contributed by atoms with Gasteiger partial charge in [0.2, 0.25) is 0 Å². The normalized spacial score (nSPS) is 55.1. The summed E-state index contributed by atoms with van der Waals surface area (Å²) in [6.45, 7) is 8.26. The highest BCUT2D eigenvalue weighted by molar-refractivity contribution is 5.80. The maximum Gasteiger partial charge on any atom is 0.315 e. The highest BCUT2D eigenvalue weighted by Gasteiger charge is 2.68. The number of ether oxygens (including phenoxy) is 6. The van der Waals surface area contributed by atoms with Gasteiger partial charge in [-0.2, -0.15) is 0 Å². The molecule has 58 heavy (non-hydrogen) atoms. The van der Waals surface area contributed by atoms with Crippen molar-refractivity contribution in [2.75, 3.05) is 13.2 Å². The summed E-state index contributed by atoms with van der Waals surface area (Å²) in [5.41, 5.74) is -1.45. The van der Waals surface area contributed by atoms with Crippen LogP contribution in [0.3, 0.4) is 0 Å². The molecule has 22 atom stereocenters. The summed E-state index contributed by atoms with van der Waals surface area (Å²) < 4.78 is 36.1. The van der Waals surface area contributed by atoms with E-state index in [-0.39, 0.29) is 35.7 Å². The van der Waals surface area contributed by atoms with Crippen molar-refractivity contribution < 1.29 is 78.9 Å². The Bertz CT molecular complexity index is 1600. The molecule has 0 aromatic heterocycles. The number of carbonyl (C=O) groups excluding carboxylic acids is 2. The van der Waals surface area contributed by atoms with E-state index in [1.807, 2.05) is 6.92 Å². The first-order valence-electron chi connectivity index (χ1n) is 21.3. The second-order valence-electron chi connectivity index (χ2n) is 19.8. The largest absolute Gasteiger partial charge is 0.462 e. The number of fused-ring (bicyclic) bond motifs is 8. The number of aliphatic hydroxyl groups excluding tert-OH is 7. The van der Waals surface area contributed by atoms with Gasteiger partial charge in [0.15, 0.2) is 12.6 Å². The van der Waals surface area contributed by atoms with E-state index in [1.165, 1.54) is 6.92 Å². The summed E-state index contributed by atoms with van der Waals surface area (Å²) in [6.07, 6.45) is -8.41. The van der Waals surface area contributed by atoms with Gasteiger partial charge in [0.05, 0.1) is 30.3 Å². The van der Waals surface area contributed by atoms with Crippen LogP contribution in [0.25, 0.3) is 0 Å². The maximum absolute atomic E-state index is 13.0. The van der Waals surface area contributed by atoms with E-state index >= 15 is 0 Å². The van der Waals surface area contributed by atoms with Crippen LogP contribution in [-0.2, 0) is 38.0 Å². The number of aliphatic hydroxyl groups is 8. The molecule has 9 rings (SSSR count). The molecular formula is C42H64O16. The highest BCUT2D eigenvalue weighted by Crippen LogP contribution is 2.69. The first kappa shape index (κ1) is 42.9. The minimum absolute atomic E-state index is 0.0137. The smallest absolute Gasteiger partial charge is 0.315 e. The van der Waals surface area contributed by atoms with Crippen LogP contribution < -0.4 is 0 Å². The molecule has 16 nitrogen and oxygen atoms in total. The lowest BCUT2D eigenvalue weighted by Gasteiger charge is -2.62. The minimum Gasteiger partial charge on any atom is -0.462 e. The second-order valence-corrected chi connectivity index (χ2v) is 19.8. The fourth-order valence-electron chi connectivity index (χ4n) is 13.4. The molecule has 0 unspecified atom stereocenters. The predicted molar refractivity (Wildman–Crippen MR) is 199 cm³/mol. The van der Waals surface area contributed by atoms with Crippen molar-refractivity contribution in [2.45, 2.75) is 178 Å².